The van der Waals surface area contributed by atoms with Crippen molar-refractivity contribution in [1.82, 2.24) is 9.88 Å². The van der Waals surface area contributed by atoms with E-state index in [1.807, 2.05) is 12.1 Å². The molecule has 7 heteroatoms. The fraction of sp³-hybridized carbons (Fsp3) is 0.333. The maximum Gasteiger partial charge on any atom is 0.416 e. The highest BCUT2D eigenvalue weighted by molar-refractivity contribution is 5.55. The van der Waals surface area contributed by atoms with E-state index in [0.29, 0.717) is 5.75 Å². The molecule has 0 aliphatic carbocycles. The Balaban J connectivity index is 1.53. The molecule has 0 atom stereocenters. The number of rotatable bonds is 6. The molecule has 0 unspecified atom stereocenters. The molecule has 4 nitrogen and oxygen atoms in total. The number of alkyl halides is 3. The summed E-state index contributed by atoms with van der Waals surface area (Å²) in [4.78, 5) is 16.7. The topological polar surface area (TPSA) is 42.4 Å². The summed E-state index contributed by atoms with van der Waals surface area (Å²) in [5, 5.41) is 0. The normalized spacial score (nSPS) is 15.6. The molecule has 0 N–H and O–H groups in total. The molecular formula is C18H17F3N2O2. The van der Waals surface area contributed by atoms with Gasteiger partial charge in [-0.25, -0.2) is 0 Å². The van der Waals surface area contributed by atoms with Crippen LogP contribution in [0.3, 0.4) is 0 Å². The molecule has 0 saturated carbocycles. The first-order valence-corrected chi connectivity index (χ1v) is 7.85. The van der Waals surface area contributed by atoms with Crippen molar-refractivity contribution in [2.75, 3.05) is 13.1 Å². The zero-order valence-electron chi connectivity index (χ0n) is 13.4. The minimum absolute atomic E-state index is 0.0313. The molecule has 132 valence electrons. The molecule has 25 heavy (non-hydrogen) atoms. The SMILES string of the molecule is O=CC1CN(Cc2ccc(OCc3cc(C(F)(F)F)ccn3)cc2)C1. The van der Waals surface area contributed by atoms with Crippen molar-refractivity contribution < 1.29 is 22.7 Å². The van der Waals surface area contributed by atoms with Gasteiger partial charge in [-0.05, 0) is 29.8 Å². The van der Waals surface area contributed by atoms with Crippen LogP contribution in [0, 0.1) is 5.92 Å². The van der Waals surface area contributed by atoms with Gasteiger partial charge in [0.2, 0.25) is 0 Å². The minimum Gasteiger partial charge on any atom is -0.487 e. The number of pyridine rings is 1. The number of likely N-dealkylation sites (tertiary alicyclic amines) is 1. The number of benzene rings is 1. The van der Waals surface area contributed by atoms with E-state index in [2.05, 4.69) is 9.88 Å². The van der Waals surface area contributed by atoms with E-state index < -0.39 is 11.7 Å². The van der Waals surface area contributed by atoms with Crippen LogP contribution in [-0.4, -0.2) is 29.3 Å². The van der Waals surface area contributed by atoms with Gasteiger partial charge < -0.3 is 9.53 Å². The molecule has 1 aliphatic heterocycles. The second kappa shape index (κ2) is 7.23. The number of carbonyl (C=O) groups is 1. The van der Waals surface area contributed by atoms with E-state index in [1.165, 1.54) is 0 Å². The van der Waals surface area contributed by atoms with Crippen LogP contribution in [0.5, 0.6) is 5.75 Å². The van der Waals surface area contributed by atoms with Crippen molar-refractivity contribution in [3.05, 3.63) is 59.4 Å². The Labute approximate surface area is 143 Å². The Kier molecular flexibility index (Phi) is 5.03. The lowest BCUT2D eigenvalue weighted by molar-refractivity contribution is -0.137. The van der Waals surface area contributed by atoms with E-state index in [-0.39, 0.29) is 18.2 Å². The second-order valence-corrected chi connectivity index (χ2v) is 6.06. The van der Waals surface area contributed by atoms with Crippen molar-refractivity contribution in [3.8, 4) is 5.75 Å². The number of hydrogen-bond acceptors (Lipinski definition) is 4. The Morgan fingerprint density at radius 1 is 1.20 bits per heavy atom. The zero-order chi connectivity index (χ0) is 17.9. The van der Waals surface area contributed by atoms with Gasteiger partial charge in [0.05, 0.1) is 11.3 Å². The van der Waals surface area contributed by atoms with Gasteiger partial charge >= 0.3 is 6.18 Å². The Morgan fingerprint density at radius 3 is 2.56 bits per heavy atom. The fourth-order valence-electron chi connectivity index (χ4n) is 2.66. The number of carbonyl (C=O) groups excluding carboxylic acids is 1. The third kappa shape index (κ3) is 4.57. The molecule has 1 fully saturated rings. The van der Waals surface area contributed by atoms with Gasteiger partial charge in [0.1, 0.15) is 18.6 Å². The number of halogens is 3. The zero-order valence-corrected chi connectivity index (χ0v) is 13.4. The van der Waals surface area contributed by atoms with Gasteiger partial charge in [0.15, 0.2) is 0 Å². The largest absolute Gasteiger partial charge is 0.487 e. The Hall–Kier alpha value is -2.41. The second-order valence-electron chi connectivity index (χ2n) is 6.06. The predicted octanol–water partition coefficient (Wildman–Crippen LogP) is 3.31. The minimum atomic E-state index is -4.39. The van der Waals surface area contributed by atoms with Crippen LogP contribution in [0.15, 0.2) is 42.6 Å². The van der Waals surface area contributed by atoms with Crippen molar-refractivity contribution >= 4 is 6.29 Å². The molecule has 1 aromatic carbocycles. The summed E-state index contributed by atoms with van der Waals surface area (Å²) in [5.41, 5.74) is 0.577. The summed E-state index contributed by atoms with van der Waals surface area (Å²) in [7, 11) is 0. The molecule has 0 spiro atoms. The van der Waals surface area contributed by atoms with E-state index in [0.717, 1.165) is 49.8 Å². The van der Waals surface area contributed by atoms with E-state index >= 15 is 0 Å². The smallest absolute Gasteiger partial charge is 0.416 e. The summed E-state index contributed by atoms with van der Waals surface area (Å²) < 4.78 is 43.5. The van der Waals surface area contributed by atoms with Gasteiger partial charge in [0.25, 0.3) is 0 Å². The number of ether oxygens (including phenoxy) is 1. The lowest BCUT2D eigenvalue weighted by atomic mass is 10.0. The predicted molar refractivity (Wildman–Crippen MR) is 84.8 cm³/mol. The maximum absolute atomic E-state index is 12.7. The molecule has 1 aliphatic rings. The van der Waals surface area contributed by atoms with Gasteiger partial charge in [-0.15, -0.1) is 0 Å². The number of aromatic nitrogens is 1. The molecular weight excluding hydrogens is 333 g/mol. The molecule has 0 radical (unpaired) electrons. The molecule has 2 heterocycles. The van der Waals surface area contributed by atoms with Crippen LogP contribution in [-0.2, 0) is 24.1 Å². The van der Waals surface area contributed by atoms with Gasteiger partial charge in [-0.2, -0.15) is 13.2 Å². The number of hydrogen-bond donors (Lipinski definition) is 0. The summed E-state index contributed by atoms with van der Waals surface area (Å²) in [5.74, 6) is 0.708. The van der Waals surface area contributed by atoms with Gasteiger partial charge in [-0.1, -0.05) is 12.1 Å². The highest BCUT2D eigenvalue weighted by atomic mass is 19.4. The first kappa shape index (κ1) is 17.4. The monoisotopic (exact) mass is 350 g/mol. The van der Waals surface area contributed by atoms with Crippen LogP contribution >= 0.6 is 0 Å². The highest BCUT2D eigenvalue weighted by Gasteiger charge is 2.30. The summed E-state index contributed by atoms with van der Waals surface area (Å²) in [6.07, 6.45) is -2.28. The first-order valence-electron chi connectivity index (χ1n) is 7.85. The van der Waals surface area contributed by atoms with Crippen molar-refractivity contribution in [1.29, 1.82) is 0 Å². The Bertz CT molecular complexity index is 726. The van der Waals surface area contributed by atoms with Crippen molar-refractivity contribution in [2.45, 2.75) is 19.3 Å². The third-order valence-corrected chi connectivity index (χ3v) is 4.04. The van der Waals surface area contributed by atoms with Gasteiger partial charge in [0, 0.05) is 31.7 Å². The van der Waals surface area contributed by atoms with Crippen LogP contribution in [0.2, 0.25) is 0 Å². The molecule has 3 rings (SSSR count). The number of nitrogens with zero attached hydrogens (tertiary/aromatic N) is 2. The lowest BCUT2D eigenvalue weighted by Crippen LogP contribution is -2.46. The molecule has 1 saturated heterocycles. The molecule has 0 amide bonds. The Morgan fingerprint density at radius 2 is 1.92 bits per heavy atom. The molecule has 2 aromatic rings. The maximum atomic E-state index is 12.7. The van der Waals surface area contributed by atoms with Crippen LogP contribution in [0.4, 0.5) is 13.2 Å². The lowest BCUT2D eigenvalue weighted by Gasteiger charge is -2.36. The average Bonchev–Trinajstić information content (AvgIpc) is 2.56. The summed E-state index contributed by atoms with van der Waals surface area (Å²) in [6.45, 7) is 2.29. The standard InChI is InChI=1S/C18H17F3N2O2/c19-18(20,21)15-5-6-22-16(7-15)12-25-17-3-1-13(2-4-17)8-23-9-14(10-23)11-24/h1-7,11,14H,8-10,12H2. The van der Waals surface area contributed by atoms with Crippen LogP contribution in [0.1, 0.15) is 16.8 Å². The first-order chi connectivity index (χ1) is 11.9. The van der Waals surface area contributed by atoms with Crippen molar-refractivity contribution in [3.63, 3.8) is 0 Å². The van der Waals surface area contributed by atoms with Crippen LogP contribution in [0.25, 0.3) is 0 Å². The average molecular weight is 350 g/mol. The van der Waals surface area contributed by atoms with E-state index in [9.17, 15) is 18.0 Å². The quantitative estimate of drug-likeness (QED) is 0.750. The molecule has 0 bridgehead atoms. The number of aldehydes is 1. The molecule has 1 aromatic heterocycles. The van der Waals surface area contributed by atoms with E-state index in [1.54, 1.807) is 12.1 Å². The fourth-order valence-corrected chi connectivity index (χ4v) is 2.66. The third-order valence-electron chi connectivity index (χ3n) is 4.04. The summed E-state index contributed by atoms with van der Waals surface area (Å²) >= 11 is 0. The highest BCUT2D eigenvalue weighted by Crippen LogP contribution is 2.29. The van der Waals surface area contributed by atoms with Crippen molar-refractivity contribution in [2.24, 2.45) is 5.92 Å². The van der Waals surface area contributed by atoms with Gasteiger partial charge in [-0.3, -0.25) is 9.88 Å². The summed E-state index contributed by atoms with van der Waals surface area (Å²) in [6, 6.07) is 9.29. The van der Waals surface area contributed by atoms with Crippen LogP contribution < -0.4 is 4.74 Å². The van der Waals surface area contributed by atoms with E-state index in [4.69, 9.17) is 4.74 Å².